The second-order valence-corrected chi connectivity index (χ2v) is 5.72. The van der Waals surface area contributed by atoms with Gasteiger partial charge in [0.2, 0.25) is 5.91 Å². The van der Waals surface area contributed by atoms with Crippen molar-refractivity contribution in [2.45, 2.75) is 58.4 Å². The SMILES string of the molecule is CC[C@H](NC(=O)C1CCCCC1)c1ccc(C)cc1. The molecule has 0 aromatic heterocycles. The van der Waals surface area contributed by atoms with Crippen molar-refractivity contribution in [3.63, 3.8) is 0 Å². The van der Waals surface area contributed by atoms with Crippen molar-refractivity contribution in [3.05, 3.63) is 35.4 Å². The van der Waals surface area contributed by atoms with Crippen LogP contribution in [-0.4, -0.2) is 5.91 Å². The van der Waals surface area contributed by atoms with Gasteiger partial charge in [-0.05, 0) is 31.7 Å². The fourth-order valence-electron chi connectivity index (χ4n) is 2.87. The zero-order valence-electron chi connectivity index (χ0n) is 12.1. The Morgan fingerprint density at radius 1 is 1.21 bits per heavy atom. The Balaban J connectivity index is 1.98. The molecular weight excluding hydrogens is 234 g/mol. The van der Waals surface area contributed by atoms with Crippen molar-refractivity contribution in [2.75, 3.05) is 0 Å². The van der Waals surface area contributed by atoms with Gasteiger partial charge in [0.25, 0.3) is 0 Å². The number of rotatable bonds is 4. The van der Waals surface area contributed by atoms with E-state index in [9.17, 15) is 4.79 Å². The van der Waals surface area contributed by atoms with E-state index in [0.29, 0.717) is 0 Å². The molecule has 2 heteroatoms. The highest BCUT2D eigenvalue weighted by atomic mass is 16.1. The monoisotopic (exact) mass is 259 g/mol. The first-order valence-electron chi connectivity index (χ1n) is 7.57. The first-order valence-corrected chi connectivity index (χ1v) is 7.57. The van der Waals surface area contributed by atoms with Gasteiger partial charge >= 0.3 is 0 Å². The van der Waals surface area contributed by atoms with E-state index < -0.39 is 0 Å². The van der Waals surface area contributed by atoms with Gasteiger partial charge in [0, 0.05) is 5.92 Å². The van der Waals surface area contributed by atoms with E-state index in [1.165, 1.54) is 30.4 Å². The molecule has 0 heterocycles. The Hall–Kier alpha value is -1.31. The summed E-state index contributed by atoms with van der Waals surface area (Å²) >= 11 is 0. The van der Waals surface area contributed by atoms with Crippen LogP contribution in [0.15, 0.2) is 24.3 Å². The lowest BCUT2D eigenvalue weighted by Crippen LogP contribution is -2.34. The van der Waals surface area contributed by atoms with Crippen LogP contribution in [0.3, 0.4) is 0 Å². The number of benzene rings is 1. The van der Waals surface area contributed by atoms with Crippen LogP contribution in [0, 0.1) is 12.8 Å². The quantitative estimate of drug-likeness (QED) is 0.865. The summed E-state index contributed by atoms with van der Waals surface area (Å²) in [4.78, 5) is 12.3. The number of hydrogen-bond donors (Lipinski definition) is 1. The Morgan fingerprint density at radius 3 is 2.42 bits per heavy atom. The van der Waals surface area contributed by atoms with Crippen molar-refractivity contribution >= 4 is 5.91 Å². The molecule has 19 heavy (non-hydrogen) atoms. The highest BCUT2D eigenvalue weighted by molar-refractivity contribution is 5.79. The molecule has 0 bridgehead atoms. The summed E-state index contributed by atoms with van der Waals surface area (Å²) in [5, 5.41) is 3.23. The van der Waals surface area contributed by atoms with Crippen LogP contribution in [-0.2, 0) is 4.79 Å². The molecule has 2 rings (SSSR count). The van der Waals surface area contributed by atoms with E-state index in [0.717, 1.165) is 19.3 Å². The van der Waals surface area contributed by atoms with E-state index in [1.807, 2.05) is 0 Å². The van der Waals surface area contributed by atoms with Gasteiger partial charge < -0.3 is 5.32 Å². The molecule has 1 saturated carbocycles. The molecule has 0 aliphatic heterocycles. The van der Waals surface area contributed by atoms with E-state index in [-0.39, 0.29) is 17.9 Å². The molecule has 1 N–H and O–H groups in total. The van der Waals surface area contributed by atoms with Gasteiger partial charge in [-0.25, -0.2) is 0 Å². The predicted molar refractivity (Wildman–Crippen MR) is 78.9 cm³/mol. The summed E-state index contributed by atoms with van der Waals surface area (Å²) in [6.45, 7) is 4.22. The number of amides is 1. The first-order chi connectivity index (χ1) is 9.20. The summed E-state index contributed by atoms with van der Waals surface area (Å²) in [5.41, 5.74) is 2.48. The molecule has 1 aliphatic rings. The highest BCUT2D eigenvalue weighted by Gasteiger charge is 2.23. The molecular formula is C17H25NO. The van der Waals surface area contributed by atoms with Gasteiger partial charge in [0.05, 0.1) is 6.04 Å². The van der Waals surface area contributed by atoms with Gasteiger partial charge in [-0.3, -0.25) is 4.79 Å². The van der Waals surface area contributed by atoms with Crippen molar-refractivity contribution in [1.29, 1.82) is 0 Å². The van der Waals surface area contributed by atoms with E-state index in [4.69, 9.17) is 0 Å². The Bertz CT molecular complexity index is 404. The minimum Gasteiger partial charge on any atom is -0.349 e. The molecule has 0 saturated heterocycles. The fourth-order valence-corrected chi connectivity index (χ4v) is 2.87. The van der Waals surface area contributed by atoms with Gasteiger partial charge in [-0.15, -0.1) is 0 Å². The fraction of sp³-hybridized carbons (Fsp3) is 0.588. The van der Waals surface area contributed by atoms with E-state index in [2.05, 4.69) is 43.4 Å². The number of carbonyl (C=O) groups excluding carboxylic acids is 1. The lowest BCUT2D eigenvalue weighted by Gasteiger charge is -2.24. The number of carbonyl (C=O) groups is 1. The van der Waals surface area contributed by atoms with E-state index >= 15 is 0 Å². The molecule has 1 aliphatic carbocycles. The maximum Gasteiger partial charge on any atom is 0.223 e. The van der Waals surface area contributed by atoms with Crippen LogP contribution >= 0.6 is 0 Å². The minimum atomic E-state index is 0.162. The van der Waals surface area contributed by atoms with Gasteiger partial charge in [0.1, 0.15) is 0 Å². The summed E-state index contributed by atoms with van der Waals surface area (Å²) in [6.07, 6.45) is 6.78. The minimum absolute atomic E-state index is 0.162. The third-order valence-electron chi connectivity index (χ3n) is 4.18. The maximum absolute atomic E-state index is 12.3. The largest absolute Gasteiger partial charge is 0.349 e. The van der Waals surface area contributed by atoms with Crippen molar-refractivity contribution < 1.29 is 4.79 Å². The van der Waals surface area contributed by atoms with Crippen LogP contribution in [0.2, 0.25) is 0 Å². The smallest absolute Gasteiger partial charge is 0.223 e. The number of hydrogen-bond acceptors (Lipinski definition) is 1. The lowest BCUT2D eigenvalue weighted by molar-refractivity contribution is -0.126. The molecule has 0 spiro atoms. The maximum atomic E-state index is 12.3. The summed E-state index contributed by atoms with van der Waals surface area (Å²) in [6, 6.07) is 8.65. The van der Waals surface area contributed by atoms with Gasteiger partial charge in [-0.2, -0.15) is 0 Å². The predicted octanol–water partition coefficient (Wildman–Crippen LogP) is 4.14. The molecule has 0 unspecified atom stereocenters. The van der Waals surface area contributed by atoms with Crippen molar-refractivity contribution in [2.24, 2.45) is 5.92 Å². The molecule has 1 atom stereocenters. The van der Waals surface area contributed by atoms with Gasteiger partial charge in [0.15, 0.2) is 0 Å². The topological polar surface area (TPSA) is 29.1 Å². The third kappa shape index (κ3) is 3.82. The molecule has 1 fully saturated rings. The van der Waals surface area contributed by atoms with Gasteiger partial charge in [-0.1, -0.05) is 56.0 Å². The number of aryl methyl sites for hydroxylation is 1. The molecule has 1 aromatic carbocycles. The molecule has 0 radical (unpaired) electrons. The average molecular weight is 259 g/mol. The third-order valence-corrected chi connectivity index (χ3v) is 4.18. The summed E-state index contributed by atoms with van der Waals surface area (Å²) < 4.78 is 0. The number of nitrogens with one attached hydrogen (secondary N) is 1. The Kier molecular flexibility index (Phi) is 5.00. The van der Waals surface area contributed by atoms with Crippen LogP contribution in [0.1, 0.15) is 62.6 Å². The van der Waals surface area contributed by atoms with Crippen LogP contribution in [0.5, 0.6) is 0 Å². The van der Waals surface area contributed by atoms with Crippen LogP contribution in [0.4, 0.5) is 0 Å². The second-order valence-electron chi connectivity index (χ2n) is 5.72. The summed E-state index contributed by atoms with van der Waals surface area (Å²) in [7, 11) is 0. The molecule has 1 amide bonds. The Morgan fingerprint density at radius 2 is 1.84 bits per heavy atom. The second kappa shape index (κ2) is 6.74. The lowest BCUT2D eigenvalue weighted by atomic mass is 9.88. The van der Waals surface area contributed by atoms with Crippen molar-refractivity contribution in [3.8, 4) is 0 Å². The zero-order chi connectivity index (χ0) is 13.7. The Labute approximate surface area is 116 Å². The highest BCUT2D eigenvalue weighted by Crippen LogP contribution is 2.25. The van der Waals surface area contributed by atoms with Crippen LogP contribution in [0.25, 0.3) is 0 Å². The van der Waals surface area contributed by atoms with Crippen molar-refractivity contribution in [1.82, 2.24) is 5.32 Å². The van der Waals surface area contributed by atoms with E-state index in [1.54, 1.807) is 0 Å². The molecule has 2 nitrogen and oxygen atoms in total. The first kappa shape index (κ1) is 14.1. The zero-order valence-corrected chi connectivity index (χ0v) is 12.1. The summed E-state index contributed by atoms with van der Waals surface area (Å²) in [5.74, 6) is 0.500. The standard InChI is InChI=1S/C17H25NO/c1-3-16(14-11-9-13(2)10-12-14)18-17(19)15-7-5-4-6-8-15/h9-12,15-16H,3-8H2,1-2H3,(H,18,19)/t16-/m0/s1. The average Bonchev–Trinajstić information content (AvgIpc) is 2.46. The molecule has 1 aromatic rings. The normalized spacial score (nSPS) is 18.0. The van der Waals surface area contributed by atoms with Crippen LogP contribution < -0.4 is 5.32 Å². The molecule has 104 valence electrons.